The highest BCUT2D eigenvalue weighted by molar-refractivity contribution is 5.79. The van der Waals surface area contributed by atoms with Gasteiger partial charge in [-0.1, -0.05) is 42.5 Å². The lowest BCUT2D eigenvalue weighted by molar-refractivity contribution is -0.253. The van der Waals surface area contributed by atoms with Crippen molar-refractivity contribution in [3.8, 4) is 5.75 Å². The quantitative estimate of drug-likeness (QED) is 0.235. The molecule has 3 aromatic rings. The molecule has 4 rings (SSSR count). The highest BCUT2D eigenvalue weighted by Crippen LogP contribution is 2.43. The van der Waals surface area contributed by atoms with Gasteiger partial charge in [0.25, 0.3) is 0 Å². The van der Waals surface area contributed by atoms with Crippen molar-refractivity contribution in [2.45, 2.75) is 62.5 Å². The Morgan fingerprint density at radius 3 is 2.12 bits per heavy atom. The van der Waals surface area contributed by atoms with Gasteiger partial charge in [0.1, 0.15) is 17.4 Å². The van der Waals surface area contributed by atoms with Crippen molar-refractivity contribution in [1.82, 2.24) is 5.32 Å². The van der Waals surface area contributed by atoms with Gasteiger partial charge in [-0.3, -0.25) is 4.79 Å². The van der Waals surface area contributed by atoms with Gasteiger partial charge < -0.3 is 10.1 Å². The molecule has 11 heteroatoms. The van der Waals surface area contributed by atoms with Crippen LogP contribution >= 0.6 is 0 Å². The van der Waals surface area contributed by atoms with Gasteiger partial charge in [-0.05, 0) is 67.1 Å². The average molecular weight is 586 g/mol. The van der Waals surface area contributed by atoms with E-state index in [1.807, 2.05) is 0 Å². The van der Waals surface area contributed by atoms with Crippen LogP contribution in [0.25, 0.3) is 0 Å². The van der Waals surface area contributed by atoms with E-state index in [-0.39, 0.29) is 24.8 Å². The van der Waals surface area contributed by atoms with Gasteiger partial charge in [0.2, 0.25) is 11.8 Å². The molecule has 0 spiro atoms. The Hall–Kier alpha value is -3.63. The Morgan fingerprint density at radius 2 is 1.54 bits per heavy atom. The lowest BCUT2D eigenvalue weighted by Gasteiger charge is -2.40. The molecular weight excluding hydrogens is 558 g/mol. The molecule has 1 aliphatic carbocycles. The zero-order valence-corrected chi connectivity index (χ0v) is 21.8. The second-order valence-corrected chi connectivity index (χ2v) is 10.5. The van der Waals surface area contributed by atoms with Gasteiger partial charge in [-0.25, -0.2) is 17.6 Å². The third-order valence-electron chi connectivity index (χ3n) is 7.36. The third kappa shape index (κ3) is 7.18. The summed E-state index contributed by atoms with van der Waals surface area (Å²) < 4.78 is 113. The molecule has 1 atom stereocenters. The number of carbonyl (C=O) groups excluding carboxylic acids is 1. The zero-order chi connectivity index (χ0) is 30.0. The van der Waals surface area contributed by atoms with E-state index < -0.39 is 65.5 Å². The molecule has 0 aliphatic heterocycles. The van der Waals surface area contributed by atoms with Crippen molar-refractivity contribution in [3.63, 3.8) is 0 Å². The van der Waals surface area contributed by atoms with Crippen LogP contribution in [0.5, 0.6) is 5.75 Å². The summed E-state index contributed by atoms with van der Waals surface area (Å²) in [4.78, 5) is 13.4. The molecule has 1 amide bonds. The molecule has 0 unspecified atom stereocenters. The van der Waals surface area contributed by atoms with Gasteiger partial charge in [0.05, 0.1) is 0 Å². The van der Waals surface area contributed by atoms with Crippen molar-refractivity contribution >= 4 is 5.91 Å². The molecule has 1 aliphatic rings. The number of ether oxygens (including phenoxy) is 1. The van der Waals surface area contributed by atoms with Crippen LogP contribution < -0.4 is 10.1 Å². The fourth-order valence-corrected chi connectivity index (χ4v) is 5.15. The minimum Gasteiger partial charge on any atom is -0.428 e. The van der Waals surface area contributed by atoms with E-state index >= 15 is 0 Å². The minimum absolute atomic E-state index is 0.0264. The fourth-order valence-electron chi connectivity index (χ4n) is 5.15. The fraction of sp³-hybridized carbons (Fsp3) is 0.367. The molecule has 41 heavy (non-hydrogen) atoms. The van der Waals surface area contributed by atoms with Crippen LogP contribution in [0.3, 0.4) is 0 Å². The van der Waals surface area contributed by atoms with E-state index in [1.54, 1.807) is 30.3 Å². The Morgan fingerprint density at radius 1 is 0.902 bits per heavy atom. The largest absolute Gasteiger partial charge is 0.461 e. The van der Waals surface area contributed by atoms with E-state index in [4.69, 9.17) is 0 Å². The number of hydrogen-bond donors (Lipinski definition) is 1. The first kappa shape index (κ1) is 30.3. The molecule has 1 N–H and O–H groups in total. The standard InChI is InChI=1S/C30H27F8NO2/c1-28(35,36)20-12-24(13-20)39-26(40)17-29(16-18-5-3-2-4-6-18,19-7-9-22(31)10-8-19)21-11-23(32)15-25(14-21)41-30(37,38)27(33)34/h2-11,14-15,20,24,27H,12-13,16-17H2,1H3,(H,39,40)/t20-,24-,29-/m1/s1. The van der Waals surface area contributed by atoms with Crippen molar-refractivity contribution in [1.29, 1.82) is 0 Å². The highest BCUT2D eigenvalue weighted by Gasteiger charge is 2.46. The van der Waals surface area contributed by atoms with Crippen LogP contribution in [0.1, 0.15) is 42.9 Å². The van der Waals surface area contributed by atoms with Crippen molar-refractivity contribution in [2.24, 2.45) is 5.92 Å². The lowest BCUT2D eigenvalue weighted by atomic mass is 9.67. The number of alkyl halides is 6. The molecule has 1 fully saturated rings. The Balaban J connectivity index is 1.79. The van der Waals surface area contributed by atoms with Gasteiger partial charge in [-0.2, -0.15) is 17.6 Å². The van der Waals surface area contributed by atoms with Crippen LogP contribution in [-0.4, -0.2) is 30.4 Å². The number of nitrogens with one attached hydrogen (secondary N) is 1. The first-order valence-electron chi connectivity index (χ1n) is 12.8. The SMILES string of the molecule is CC(F)(F)[C@H]1C[C@H](NC(=O)C[C@](Cc2ccccc2)(c2ccc(F)cc2)c2cc(F)cc(OC(F)(F)C(F)F)c2)C1. The number of carbonyl (C=O) groups is 1. The van der Waals surface area contributed by atoms with Crippen LogP contribution in [0.15, 0.2) is 72.8 Å². The molecule has 0 heterocycles. The normalized spacial score (nSPS) is 18.9. The molecule has 220 valence electrons. The zero-order valence-electron chi connectivity index (χ0n) is 21.8. The maximum absolute atomic E-state index is 14.9. The monoisotopic (exact) mass is 585 g/mol. The first-order valence-corrected chi connectivity index (χ1v) is 12.8. The Kier molecular flexibility index (Phi) is 8.65. The van der Waals surface area contributed by atoms with E-state index in [1.165, 1.54) is 12.1 Å². The van der Waals surface area contributed by atoms with E-state index in [0.29, 0.717) is 17.2 Å². The summed E-state index contributed by atoms with van der Waals surface area (Å²) in [5.74, 6) is -7.05. The molecule has 3 aromatic carbocycles. The summed E-state index contributed by atoms with van der Waals surface area (Å²) in [7, 11) is 0. The lowest BCUT2D eigenvalue weighted by Crippen LogP contribution is -2.50. The van der Waals surface area contributed by atoms with Gasteiger partial charge >= 0.3 is 12.5 Å². The average Bonchev–Trinajstić information content (AvgIpc) is 2.85. The van der Waals surface area contributed by atoms with Crippen LogP contribution in [0, 0.1) is 17.6 Å². The van der Waals surface area contributed by atoms with Gasteiger partial charge in [-0.15, -0.1) is 0 Å². The summed E-state index contributed by atoms with van der Waals surface area (Å²) in [6.07, 6.45) is -9.51. The maximum atomic E-state index is 14.9. The number of hydrogen-bond acceptors (Lipinski definition) is 2. The molecule has 0 radical (unpaired) electrons. The van der Waals surface area contributed by atoms with E-state index in [2.05, 4.69) is 10.1 Å². The van der Waals surface area contributed by atoms with E-state index in [0.717, 1.165) is 31.2 Å². The predicted octanol–water partition coefficient (Wildman–Crippen LogP) is 7.67. The maximum Gasteiger partial charge on any atom is 0.461 e. The molecule has 0 saturated heterocycles. The summed E-state index contributed by atoms with van der Waals surface area (Å²) in [5.41, 5.74) is -0.697. The van der Waals surface area contributed by atoms with Gasteiger partial charge in [0.15, 0.2) is 0 Å². The third-order valence-corrected chi connectivity index (χ3v) is 7.36. The summed E-state index contributed by atoms with van der Waals surface area (Å²) in [6.45, 7) is 0.802. The van der Waals surface area contributed by atoms with Crippen molar-refractivity contribution in [2.75, 3.05) is 0 Å². The summed E-state index contributed by atoms with van der Waals surface area (Å²) in [6, 6.07) is 15.3. The number of benzene rings is 3. The highest BCUT2D eigenvalue weighted by atomic mass is 19.3. The number of amides is 1. The van der Waals surface area contributed by atoms with Crippen molar-refractivity contribution < 1.29 is 44.7 Å². The number of halogens is 8. The molecule has 0 aromatic heterocycles. The molecule has 0 bridgehead atoms. The van der Waals surface area contributed by atoms with Crippen LogP contribution in [0.2, 0.25) is 0 Å². The first-order chi connectivity index (χ1) is 19.2. The van der Waals surface area contributed by atoms with Gasteiger partial charge in [0, 0.05) is 29.9 Å². The summed E-state index contributed by atoms with van der Waals surface area (Å²) >= 11 is 0. The second-order valence-electron chi connectivity index (χ2n) is 10.5. The van der Waals surface area contributed by atoms with Crippen LogP contribution in [-0.2, 0) is 16.6 Å². The smallest absolute Gasteiger partial charge is 0.428 e. The Labute approximate surface area is 231 Å². The minimum atomic E-state index is -4.93. The second kappa shape index (κ2) is 11.7. The molecule has 3 nitrogen and oxygen atoms in total. The number of rotatable bonds is 11. The summed E-state index contributed by atoms with van der Waals surface area (Å²) in [5, 5.41) is 2.70. The molecular formula is C30H27F8NO2. The van der Waals surface area contributed by atoms with Crippen LogP contribution in [0.4, 0.5) is 35.1 Å². The topological polar surface area (TPSA) is 38.3 Å². The Bertz CT molecular complexity index is 1340. The predicted molar refractivity (Wildman–Crippen MR) is 135 cm³/mol. The molecule has 1 saturated carbocycles. The van der Waals surface area contributed by atoms with Crippen molar-refractivity contribution in [3.05, 3.63) is 101 Å². The van der Waals surface area contributed by atoms with E-state index in [9.17, 15) is 39.9 Å².